The van der Waals surface area contributed by atoms with Gasteiger partial charge in [0, 0.05) is 0 Å². The van der Waals surface area contributed by atoms with Crippen LogP contribution in [0.1, 0.15) is 30.0 Å². The van der Waals surface area contributed by atoms with Crippen LogP contribution in [0.2, 0.25) is 0 Å². The molecule has 1 saturated heterocycles. The highest BCUT2D eigenvalue weighted by Gasteiger charge is 2.50. The number of imide groups is 1. The van der Waals surface area contributed by atoms with Crippen LogP contribution in [0.25, 0.3) is 0 Å². The standard InChI is InChI=1S/C22H23N3O5/c1-22(16-7-4-8-17(12-16)29-2)20(27)25(21(28)23-22)24-19(26)13-30-18-10-9-14-5-3-6-15(14)11-18/h4,7-12H,3,5-6,13H2,1-2H3,(H,23,28)(H,24,26)/t22-/m1/s1. The van der Waals surface area contributed by atoms with Gasteiger partial charge >= 0.3 is 6.03 Å². The number of nitrogens with zero attached hydrogens (tertiary/aromatic N) is 1. The number of urea groups is 1. The smallest absolute Gasteiger partial charge is 0.344 e. The Hall–Kier alpha value is -3.55. The molecule has 0 saturated carbocycles. The number of hydrogen-bond acceptors (Lipinski definition) is 5. The van der Waals surface area contributed by atoms with Crippen molar-refractivity contribution in [1.82, 2.24) is 15.8 Å². The first-order chi connectivity index (χ1) is 14.4. The molecule has 1 atom stereocenters. The predicted molar refractivity (Wildman–Crippen MR) is 108 cm³/mol. The van der Waals surface area contributed by atoms with E-state index in [4.69, 9.17) is 9.47 Å². The number of carbonyl (C=O) groups is 3. The van der Waals surface area contributed by atoms with Gasteiger partial charge in [-0.1, -0.05) is 18.2 Å². The summed E-state index contributed by atoms with van der Waals surface area (Å²) in [6.45, 7) is 1.26. The molecule has 8 nitrogen and oxygen atoms in total. The molecular formula is C22H23N3O5. The van der Waals surface area contributed by atoms with E-state index in [1.54, 1.807) is 31.2 Å². The minimum Gasteiger partial charge on any atom is -0.497 e. The first-order valence-corrected chi connectivity index (χ1v) is 9.76. The summed E-state index contributed by atoms with van der Waals surface area (Å²) in [6.07, 6.45) is 3.19. The number of fused-ring (bicyclic) bond motifs is 1. The Balaban J connectivity index is 1.41. The minimum atomic E-state index is -1.32. The minimum absolute atomic E-state index is 0.314. The van der Waals surface area contributed by atoms with E-state index in [2.05, 4.69) is 10.7 Å². The summed E-state index contributed by atoms with van der Waals surface area (Å²) in [5.41, 5.74) is 4.10. The maximum absolute atomic E-state index is 12.9. The highest BCUT2D eigenvalue weighted by atomic mass is 16.5. The van der Waals surface area contributed by atoms with Gasteiger partial charge in [-0.3, -0.25) is 15.0 Å². The van der Waals surface area contributed by atoms with Crippen molar-refractivity contribution in [1.29, 1.82) is 0 Å². The molecule has 8 heteroatoms. The third-order valence-corrected chi connectivity index (χ3v) is 5.51. The van der Waals surface area contributed by atoms with Gasteiger partial charge in [0.25, 0.3) is 11.8 Å². The lowest BCUT2D eigenvalue weighted by molar-refractivity contribution is -0.139. The van der Waals surface area contributed by atoms with Crippen molar-refractivity contribution in [3.8, 4) is 11.5 Å². The van der Waals surface area contributed by atoms with E-state index in [0.29, 0.717) is 22.1 Å². The first kappa shape index (κ1) is 19.8. The molecule has 0 bridgehead atoms. The van der Waals surface area contributed by atoms with E-state index in [9.17, 15) is 14.4 Å². The molecule has 4 amide bonds. The molecule has 1 aliphatic heterocycles. The van der Waals surface area contributed by atoms with Gasteiger partial charge in [0.1, 0.15) is 17.0 Å². The Morgan fingerprint density at radius 2 is 1.93 bits per heavy atom. The SMILES string of the molecule is COc1cccc([C@@]2(C)NC(=O)N(NC(=O)COc3ccc4c(c3)CCC4)C2=O)c1. The molecular weight excluding hydrogens is 386 g/mol. The van der Waals surface area contributed by atoms with Gasteiger partial charge in [-0.2, -0.15) is 5.01 Å². The van der Waals surface area contributed by atoms with Crippen molar-refractivity contribution < 1.29 is 23.9 Å². The largest absolute Gasteiger partial charge is 0.497 e. The third-order valence-electron chi connectivity index (χ3n) is 5.51. The van der Waals surface area contributed by atoms with Crippen LogP contribution in [-0.4, -0.2) is 36.6 Å². The number of amides is 4. The Morgan fingerprint density at radius 1 is 1.13 bits per heavy atom. The zero-order valence-corrected chi connectivity index (χ0v) is 16.9. The molecule has 1 heterocycles. The topological polar surface area (TPSA) is 97.0 Å². The highest BCUT2D eigenvalue weighted by molar-refractivity contribution is 6.08. The molecule has 0 aromatic heterocycles. The number of hydrazine groups is 1. The van der Waals surface area contributed by atoms with E-state index < -0.39 is 23.4 Å². The van der Waals surface area contributed by atoms with Crippen LogP contribution in [0.15, 0.2) is 42.5 Å². The van der Waals surface area contributed by atoms with E-state index in [1.807, 2.05) is 18.2 Å². The second kappa shape index (κ2) is 7.70. The number of nitrogens with one attached hydrogen (secondary N) is 2. The summed E-state index contributed by atoms with van der Waals surface area (Å²) < 4.78 is 10.7. The van der Waals surface area contributed by atoms with Crippen LogP contribution in [0.4, 0.5) is 4.79 Å². The Labute approximate surface area is 174 Å². The summed E-state index contributed by atoms with van der Waals surface area (Å²) in [5, 5.41) is 3.32. The van der Waals surface area contributed by atoms with Crippen molar-refractivity contribution in [2.45, 2.75) is 31.7 Å². The Morgan fingerprint density at radius 3 is 2.73 bits per heavy atom. The van der Waals surface area contributed by atoms with Crippen LogP contribution < -0.4 is 20.2 Å². The fourth-order valence-corrected chi connectivity index (χ4v) is 3.81. The fourth-order valence-electron chi connectivity index (χ4n) is 3.81. The lowest BCUT2D eigenvalue weighted by atomic mass is 9.92. The van der Waals surface area contributed by atoms with Crippen LogP contribution >= 0.6 is 0 Å². The monoisotopic (exact) mass is 409 g/mol. The molecule has 0 radical (unpaired) electrons. The van der Waals surface area contributed by atoms with Crippen molar-refractivity contribution in [2.24, 2.45) is 0 Å². The number of ether oxygens (including phenoxy) is 2. The number of hydrogen-bond donors (Lipinski definition) is 2. The summed E-state index contributed by atoms with van der Waals surface area (Å²) in [7, 11) is 1.52. The van der Waals surface area contributed by atoms with Crippen molar-refractivity contribution in [3.05, 3.63) is 59.2 Å². The lowest BCUT2D eigenvalue weighted by Gasteiger charge is -2.22. The van der Waals surface area contributed by atoms with Gasteiger partial charge in [-0.05, 0) is 67.1 Å². The zero-order valence-electron chi connectivity index (χ0n) is 16.9. The van der Waals surface area contributed by atoms with Crippen LogP contribution in [0.5, 0.6) is 11.5 Å². The molecule has 156 valence electrons. The average molecular weight is 409 g/mol. The Bertz CT molecular complexity index is 1020. The van der Waals surface area contributed by atoms with Crippen molar-refractivity contribution in [2.75, 3.05) is 13.7 Å². The van der Waals surface area contributed by atoms with Gasteiger partial charge in [0.05, 0.1) is 7.11 Å². The Kier molecular flexibility index (Phi) is 5.07. The zero-order chi connectivity index (χ0) is 21.3. The number of benzene rings is 2. The lowest BCUT2D eigenvalue weighted by Crippen LogP contribution is -2.49. The van der Waals surface area contributed by atoms with Gasteiger partial charge in [-0.25, -0.2) is 4.79 Å². The van der Waals surface area contributed by atoms with E-state index in [1.165, 1.54) is 18.2 Å². The summed E-state index contributed by atoms with van der Waals surface area (Å²) in [4.78, 5) is 37.6. The summed E-state index contributed by atoms with van der Waals surface area (Å²) in [6, 6.07) is 11.9. The molecule has 2 aromatic carbocycles. The van der Waals surface area contributed by atoms with E-state index >= 15 is 0 Å². The van der Waals surface area contributed by atoms with Crippen molar-refractivity contribution in [3.63, 3.8) is 0 Å². The van der Waals surface area contributed by atoms with Gasteiger partial charge in [0.2, 0.25) is 0 Å². The molecule has 4 rings (SSSR count). The summed E-state index contributed by atoms with van der Waals surface area (Å²) in [5.74, 6) is -0.0502. The van der Waals surface area contributed by atoms with Crippen LogP contribution in [-0.2, 0) is 28.0 Å². The summed E-state index contributed by atoms with van der Waals surface area (Å²) >= 11 is 0. The molecule has 30 heavy (non-hydrogen) atoms. The number of aryl methyl sites for hydroxylation is 2. The molecule has 1 aliphatic carbocycles. The second-order valence-corrected chi connectivity index (χ2v) is 7.54. The molecule has 2 N–H and O–H groups in total. The fraction of sp³-hybridized carbons (Fsp3) is 0.318. The number of rotatable bonds is 6. The molecule has 2 aromatic rings. The van der Waals surface area contributed by atoms with E-state index in [-0.39, 0.29) is 6.61 Å². The van der Waals surface area contributed by atoms with Gasteiger partial charge < -0.3 is 14.8 Å². The van der Waals surface area contributed by atoms with Gasteiger partial charge in [-0.15, -0.1) is 0 Å². The van der Waals surface area contributed by atoms with Crippen LogP contribution in [0.3, 0.4) is 0 Å². The molecule has 0 unspecified atom stereocenters. The molecule has 2 aliphatic rings. The average Bonchev–Trinajstić information content (AvgIpc) is 3.30. The normalized spacial score (nSPS) is 20.0. The quantitative estimate of drug-likeness (QED) is 0.712. The van der Waals surface area contributed by atoms with Gasteiger partial charge in [0.15, 0.2) is 6.61 Å². The second-order valence-electron chi connectivity index (χ2n) is 7.54. The highest BCUT2D eigenvalue weighted by Crippen LogP contribution is 2.30. The first-order valence-electron chi connectivity index (χ1n) is 9.76. The molecule has 0 spiro atoms. The van der Waals surface area contributed by atoms with E-state index in [0.717, 1.165) is 19.3 Å². The third kappa shape index (κ3) is 3.56. The number of carbonyl (C=O) groups excluding carboxylic acids is 3. The van der Waals surface area contributed by atoms with Crippen LogP contribution in [0, 0.1) is 0 Å². The van der Waals surface area contributed by atoms with Crippen molar-refractivity contribution >= 4 is 17.8 Å². The molecule has 1 fully saturated rings. The maximum Gasteiger partial charge on any atom is 0.344 e. The predicted octanol–water partition coefficient (Wildman–Crippen LogP) is 2.06. The maximum atomic E-state index is 12.9. The number of methoxy groups -OCH3 is 1.